The molecule has 4 aromatic rings. The lowest BCUT2D eigenvalue weighted by Gasteiger charge is -2.36. The van der Waals surface area contributed by atoms with E-state index in [0.717, 1.165) is 11.5 Å². The molecule has 4 heterocycles. The molecule has 1 aliphatic heterocycles. The summed E-state index contributed by atoms with van der Waals surface area (Å²) in [6.45, 7) is 4.63. The van der Waals surface area contributed by atoms with Gasteiger partial charge in [-0.3, -0.25) is 9.78 Å². The third-order valence-corrected chi connectivity index (χ3v) is 5.22. The zero-order valence-corrected chi connectivity index (χ0v) is 17.0. The van der Waals surface area contributed by atoms with Gasteiger partial charge in [-0.25, -0.2) is 4.98 Å². The second-order valence-electron chi connectivity index (χ2n) is 7.32. The lowest BCUT2D eigenvalue weighted by molar-refractivity contribution is 0.0746. The third kappa shape index (κ3) is 3.89. The SMILES string of the molecule is Cc1cc(N2CCN(C(=O)c3ccc(Oc4cccnc4)cc3)CC2)n2ncnc2n1. The fourth-order valence-corrected chi connectivity index (χ4v) is 3.67. The highest BCUT2D eigenvalue weighted by molar-refractivity contribution is 5.94. The molecule has 0 N–H and O–H groups in total. The van der Waals surface area contributed by atoms with Crippen molar-refractivity contribution in [3.05, 3.63) is 72.4 Å². The Balaban J connectivity index is 1.24. The standard InChI is InChI=1S/C22H21N7O2/c1-16-13-20(29-22(26-16)24-15-25-29)27-9-11-28(12-10-27)21(30)17-4-6-18(7-5-17)31-19-3-2-8-23-14-19/h2-8,13-15H,9-12H2,1H3. The fourth-order valence-electron chi connectivity index (χ4n) is 3.67. The Bertz CT molecular complexity index is 1200. The summed E-state index contributed by atoms with van der Waals surface area (Å²) >= 11 is 0. The van der Waals surface area contributed by atoms with E-state index in [9.17, 15) is 4.79 Å². The van der Waals surface area contributed by atoms with Crippen LogP contribution in [0.25, 0.3) is 5.78 Å². The summed E-state index contributed by atoms with van der Waals surface area (Å²) in [5.74, 6) is 2.88. The van der Waals surface area contributed by atoms with Crippen molar-refractivity contribution < 1.29 is 9.53 Å². The van der Waals surface area contributed by atoms with E-state index < -0.39 is 0 Å². The molecule has 0 aliphatic carbocycles. The van der Waals surface area contributed by atoms with Crippen LogP contribution in [0.15, 0.2) is 61.2 Å². The molecule has 5 rings (SSSR count). The van der Waals surface area contributed by atoms with Crippen LogP contribution in [0.4, 0.5) is 5.82 Å². The first kappa shape index (κ1) is 19.0. The Labute approximate surface area is 178 Å². The maximum absolute atomic E-state index is 13.0. The quantitative estimate of drug-likeness (QED) is 0.506. The predicted molar refractivity (Wildman–Crippen MR) is 114 cm³/mol. The van der Waals surface area contributed by atoms with Crippen molar-refractivity contribution in [2.45, 2.75) is 6.92 Å². The van der Waals surface area contributed by atoms with E-state index >= 15 is 0 Å². The molecule has 9 nitrogen and oxygen atoms in total. The van der Waals surface area contributed by atoms with Gasteiger partial charge in [0.05, 0.1) is 6.20 Å². The Morgan fingerprint density at radius 2 is 1.84 bits per heavy atom. The number of carbonyl (C=O) groups is 1. The molecule has 1 amide bonds. The Morgan fingerprint density at radius 1 is 1.03 bits per heavy atom. The van der Waals surface area contributed by atoms with E-state index in [0.29, 0.717) is 49.0 Å². The number of carbonyl (C=O) groups excluding carboxylic acids is 1. The first-order valence-electron chi connectivity index (χ1n) is 10.1. The second-order valence-corrected chi connectivity index (χ2v) is 7.32. The molecule has 1 fully saturated rings. The van der Waals surface area contributed by atoms with Crippen LogP contribution in [0.5, 0.6) is 11.5 Å². The van der Waals surface area contributed by atoms with E-state index in [-0.39, 0.29) is 5.91 Å². The van der Waals surface area contributed by atoms with E-state index in [4.69, 9.17) is 4.74 Å². The van der Waals surface area contributed by atoms with Gasteiger partial charge in [0.1, 0.15) is 23.6 Å². The maximum Gasteiger partial charge on any atom is 0.254 e. The minimum absolute atomic E-state index is 0.0180. The van der Waals surface area contributed by atoms with Gasteiger partial charge in [0.15, 0.2) is 0 Å². The molecule has 0 unspecified atom stereocenters. The zero-order valence-electron chi connectivity index (χ0n) is 17.0. The molecular formula is C22H21N7O2. The lowest BCUT2D eigenvalue weighted by Crippen LogP contribution is -2.49. The van der Waals surface area contributed by atoms with Gasteiger partial charge in [-0.05, 0) is 43.3 Å². The van der Waals surface area contributed by atoms with Gasteiger partial charge < -0.3 is 14.5 Å². The number of rotatable bonds is 4. The van der Waals surface area contributed by atoms with E-state index in [2.05, 4.69) is 25.0 Å². The first-order valence-corrected chi connectivity index (χ1v) is 10.1. The third-order valence-electron chi connectivity index (χ3n) is 5.22. The lowest BCUT2D eigenvalue weighted by atomic mass is 10.1. The van der Waals surface area contributed by atoms with Gasteiger partial charge in [-0.2, -0.15) is 14.6 Å². The highest BCUT2D eigenvalue weighted by Crippen LogP contribution is 2.22. The van der Waals surface area contributed by atoms with Crippen molar-refractivity contribution >= 4 is 17.5 Å². The van der Waals surface area contributed by atoms with E-state index in [1.54, 1.807) is 41.2 Å². The molecule has 0 atom stereocenters. The Morgan fingerprint density at radius 3 is 2.58 bits per heavy atom. The molecule has 9 heteroatoms. The minimum Gasteiger partial charge on any atom is -0.456 e. The van der Waals surface area contributed by atoms with Crippen LogP contribution in [0.1, 0.15) is 16.1 Å². The van der Waals surface area contributed by atoms with Gasteiger partial charge in [0.2, 0.25) is 0 Å². The molecule has 1 saturated heterocycles. The highest BCUT2D eigenvalue weighted by atomic mass is 16.5. The number of piperazine rings is 1. The number of amides is 1. The molecule has 156 valence electrons. The fraction of sp³-hybridized carbons (Fsp3) is 0.227. The monoisotopic (exact) mass is 415 g/mol. The molecule has 3 aromatic heterocycles. The van der Waals surface area contributed by atoms with Crippen molar-refractivity contribution in [2.24, 2.45) is 0 Å². The number of benzene rings is 1. The summed E-state index contributed by atoms with van der Waals surface area (Å²) in [6.07, 6.45) is 4.85. The maximum atomic E-state index is 13.0. The molecular weight excluding hydrogens is 394 g/mol. The number of pyridine rings is 1. The average Bonchev–Trinajstić information content (AvgIpc) is 3.28. The van der Waals surface area contributed by atoms with Crippen LogP contribution >= 0.6 is 0 Å². The van der Waals surface area contributed by atoms with Crippen molar-refractivity contribution in [3.63, 3.8) is 0 Å². The van der Waals surface area contributed by atoms with Gasteiger partial charge >= 0.3 is 0 Å². The minimum atomic E-state index is 0.0180. The average molecular weight is 415 g/mol. The van der Waals surface area contributed by atoms with Crippen LogP contribution in [-0.4, -0.2) is 61.6 Å². The molecule has 0 radical (unpaired) electrons. The van der Waals surface area contributed by atoms with Crippen molar-refractivity contribution in [1.29, 1.82) is 0 Å². The van der Waals surface area contributed by atoms with Crippen LogP contribution in [-0.2, 0) is 0 Å². The number of anilines is 1. The molecule has 0 spiro atoms. The first-order chi connectivity index (χ1) is 15.2. The summed E-state index contributed by atoms with van der Waals surface area (Å²) in [6, 6.07) is 12.9. The Kier molecular flexibility index (Phi) is 4.91. The van der Waals surface area contributed by atoms with Crippen LogP contribution < -0.4 is 9.64 Å². The highest BCUT2D eigenvalue weighted by Gasteiger charge is 2.24. The normalized spacial score (nSPS) is 14.1. The largest absolute Gasteiger partial charge is 0.456 e. The predicted octanol–water partition coefficient (Wildman–Crippen LogP) is 2.58. The zero-order chi connectivity index (χ0) is 21.2. The number of nitrogens with zero attached hydrogens (tertiary/aromatic N) is 7. The number of ether oxygens (including phenoxy) is 1. The van der Waals surface area contributed by atoms with Crippen molar-refractivity contribution in [2.75, 3.05) is 31.1 Å². The number of fused-ring (bicyclic) bond motifs is 1. The van der Waals surface area contributed by atoms with Crippen molar-refractivity contribution in [3.8, 4) is 11.5 Å². The van der Waals surface area contributed by atoms with Gasteiger partial charge in [0.25, 0.3) is 11.7 Å². The summed E-state index contributed by atoms with van der Waals surface area (Å²) in [4.78, 5) is 29.7. The Hall–Kier alpha value is -4.01. The van der Waals surface area contributed by atoms with Crippen LogP contribution in [0.2, 0.25) is 0 Å². The topological polar surface area (TPSA) is 88.8 Å². The summed E-state index contributed by atoms with van der Waals surface area (Å²) < 4.78 is 7.49. The molecule has 0 bridgehead atoms. The molecule has 0 saturated carbocycles. The van der Waals surface area contributed by atoms with E-state index in [1.165, 1.54) is 6.33 Å². The molecule has 1 aliphatic rings. The van der Waals surface area contributed by atoms with Gasteiger partial charge in [-0.1, -0.05) is 0 Å². The number of hydrogen-bond acceptors (Lipinski definition) is 7. The molecule has 31 heavy (non-hydrogen) atoms. The second kappa shape index (κ2) is 8.02. The molecule has 1 aromatic carbocycles. The number of aromatic nitrogens is 5. The summed E-state index contributed by atoms with van der Waals surface area (Å²) in [5, 5.41) is 4.28. The van der Waals surface area contributed by atoms with Gasteiger partial charge in [-0.15, -0.1) is 0 Å². The number of hydrogen-bond donors (Lipinski definition) is 0. The summed E-state index contributed by atoms with van der Waals surface area (Å²) in [7, 11) is 0. The van der Waals surface area contributed by atoms with Gasteiger partial charge in [0, 0.05) is 49.7 Å². The van der Waals surface area contributed by atoms with Crippen LogP contribution in [0, 0.1) is 6.92 Å². The van der Waals surface area contributed by atoms with Crippen LogP contribution in [0.3, 0.4) is 0 Å². The van der Waals surface area contributed by atoms with E-state index in [1.807, 2.05) is 30.0 Å². The smallest absolute Gasteiger partial charge is 0.254 e. The van der Waals surface area contributed by atoms with Crippen molar-refractivity contribution in [1.82, 2.24) is 29.5 Å². The summed E-state index contributed by atoms with van der Waals surface area (Å²) in [5.41, 5.74) is 1.54. The number of aryl methyl sites for hydroxylation is 1.